The van der Waals surface area contributed by atoms with E-state index in [1.54, 1.807) is 0 Å². The molecule has 0 unspecified atom stereocenters. The van der Waals surface area contributed by atoms with Gasteiger partial charge in [-0.25, -0.2) is 0 Å². The van der Waals surface area contributed by atoms with Gasteiger partial charge in [0.25, 0.3) is 0 Å². The van der Waals surface area contributed by atoms with Crippen molar-refractivity contribution in [2.45, 2.75) is 77.5 Å². The van der Waals surface area contributed by atoms with Crippen LogP contribution < -0.4 is 0 Å². The minimum absolute atomic E-state index is 0.590. The van der Waals surface area contributed by atoms with E-state index in [2.05, 4.69) is 42.4 Å². The van der Waals surface area contributed by atoms with Crippen LogP contribution in [0.15, 0.2) is 0 Å². The van der Waals surface area contributed by atoms with Crippen molar-refractivity contribution in [3.8, 4) is 0 Å². The predicted molar refractivity (Wildman–Crippen MR) is 105 cm³/mol. The summed E-state index contributed by atoms with van der Waals surface area (Å²) in [7, 11) is 1.87. The molecule has 0 aromatic carbocycles. The highest BCUT2D eigenvalue weighted by molar-refractivity contribution is 4.96. The van der Waals surface area contributed by atoms with Crippen LogP contribution in [-0.2, 0) is 4.74 Å². The summed E-state index contributed by atoms with van der Waals surface area (Å²) in [5.41, 5.74) is 0. The van der Waals surface area contributed by atoms with Crippen molar-refractivity contribution in [1.29, 1.82) is 0 Å². The van der Waals surface area contributed by atoms with Gasteiger partial charge in [0.05, 0.1) is 6.61 Å². The fraction of sp³-hybridized carbons (Fsp3) is 1.00. The third-order valence-corrected chi connectivity index (χ3v) is 7.21. The zero-order valence-corrected chi connectivity index (χ0v) is 17.3. The molecule has 3 fully saturated rings. The quantitative estimate of drug-likeness (QED) is 0.732. The van der Waals surface area contributed by atoms with E-state index in [-0.39, 0.29) is 0 Å². The average Bonchev–Trinajstić information content (AvgIpc) is 2.54. The first-order chi connectivity index (χ1) is 12.0. The van der Waals surface area contributed by atoms with Crippen molar-refractivity contribution >= 4 is 0 Å². The topological polar surface area (TPSA) is 19.0 Å². The first kappa shape index (κ1) is 19.6. The molecule has 0 amide bonds. The van der Waals surface area contributed by atoms with Gasteiger partial charge in [0.2, 0.25) is 0 Å². The van der Waals surface area contributed by atoms with Gasteiger partial charge in [-0.15, -0.1) is 0 Å². The van der Waals surface area contributed by atoms with Crippen LogP contribution >= 0.6 is 0 Å². The molecule has 1 atom stereocenters. The third kappa shape index (κ3) is 4.58. The Hall–Kier alpha value is -0.160. The summed E-state index contributed by atoms with van der Waals surface area (Å²) in [4.78, 5) is 8.16. The zero-order valence-electron chi connectivity index (χ0n) is 17.3. The van der Waals surface area contributed by atoms with Crippen LogP contribution in [0.4, 0.5) is 0 Å². The van der Waals surface area contributed by atoms with E-state index in [1.807, 2.05) is 7.11 Å². The Bertz CT molecular complexity index is 400. The molecule has 25 heavy (non-hydrogen) atoms. The molecule has 1 saturated carbocycles. The molecule has 2 saturated heterocycles. The Morgan fingerprint density at radius 3 is 2.12 bits per heavy atom. The summed E-state index contributed by atoms with van der Waals surface area (Å²) in [5, 5.41) is 0. The smallest absolute Gasteiger partial charge is 0.0630 e. The molecule has 1 aliphatic carbocycles. The van der Waals surface area contributed by atoms with E-state index in [0.717, 1.165) is 30.5 Å². The first-order valence-electron chi connectivity index (χ1n) is 10.7. The van der Waals surface area contributed by atoms with Crippen molar-refractivity contribution in [3.63, 3.8) is 0 Å². The minimum atomic E-state index is 0.590. The van der Waals surface area contributed by atoms with Crippen LogP contribution in [0.1, 0.15) is 53.4 Å². The Kier molecular flexibility index (Phi) is 6.81. The molecule has 146 valence electrons. The maximum absolute atomic E-state index is 5.62. The van der Waals surface area contributed by atoms with Crippen LogP contribution in [-0.4, -0.2) is 85.3 Å². The van der Waals surface area contributed by atoms with Gasteiger partial charge in [-0.1, -0.05) is 13.8 Å². The van der Waals surface area contributed by atoms with Crippen molar-refractivity contribution in [1.82, 2.24) is 14.7 Å². The lowest BCUT2D eigenvalue weighted by Gasteiger charge is -2.53. The molecule has 4 nitrogen and oxygen atoms in total. The molecule has 2 heterocycles. The molecule has 0 bridgehead atoms. The summed E-state index contributed by atoms with van der Waals surface area (Å²) in [6, 6.07) is 2.86. The molecule has 0 radical (unpaired) electrons. The summed E-state index contributed by atoms with van der Waals surface area (Å²) in [6.07, 6.45) is 5.64. The second-order valence-electron chi connectivity index (χ2n) is 9.36. The fourth-order valence-electron chi connectivity index (χ4n) is 5.29. The summed E-state index contributed by atoms with van der Waals surface area (Å²) < 4.78 is 5.62. The number of nitrogens with zero attached hydrogens (tertiary/aromatic N) is 3. The number of hydrogen-bond donors (Lipinski definition) is 0. The lowest BCUT2D eigenvalue weighted by Crippen LogP contribution is -2.67. The summed E-state index contributed by atoms with van der Waals surface area (Å²) in [5.74, 6) is 1.81. The lowest BCUT2D eigenvalue weighted by atomic mass is 9.79. The normalized spacial score (nSPS) is 34.0. The van der Waals surface area contributed by atoms with E-state index in [4.69, 9.17) is 4.74 Å². The van der Waals surface area contributed by atoms with Crippen LogP contribution in [0, 0.1) is 11.8 Å². The van der Waals surface area contributed by atoms with E-state index in [1.165, 1.54) is 58.4 Å². The third-order valence-electron chi connectivity index (χ3n) is 7.21. The minimum Gasteiger partial charge on any atom is -0.383 e. The van der Waals surface area contributed by atoms with Gasteiger partial charge in [0.1, 0.15) is 0 Å². The van der Waals surface area contributed by atoms with Crippen molar-refractivity contribution in [2.24, 2.45) is 11.8 Å². The Labute approximate surface area is 155 Å². The largest absolute Gasteiger partial charge is 0.383 e. The Morgan fingerprint density at radius 2 is 1.56 bits per heavy atom. The SMILES string of the molecule is COC[C@H]1CN(C2CN(C(C)C)C2)CCN1C1CCC(C(C)C)CC1. The molecular formula is C21H41N3O. The zero-order chi connectivity index (χ0) is 18.0. The summed E-state index contributed by atoms with van der Waals surface area (Å²) in [6.45, 7) is 16.5. The van der Waals surface area contributed by atoms with Gasteiger partial charge in [-0.2, -0.15) is 0 Å². The molecular weight excluding hydrogens is 310 g/mol. The van der Waals surface area contributed by atoms with Gasteiger partial charge in [0, 0.05) is 64.0 Å². The van der Waals surface area contributed by atoms with E-state index < -0.39 is 0 Å². The molecule has 0 aromatic heterocycles. The highest BCUT2D eigenvalue weighted by atomic mass is 16.5. The predicted octanol–water partition coefficient (Wildman–Crippen LogP) is 2.93. The van der Waals surface area contributed by atoms with Crippen molar-refractivity contribution < 1.29 is 4.74 Å². The second-order valence-corrected chi connectivity index (χ2v) is 9.36. The molecule has 3 rings (SSSR count). The van der Waals surface area contributed by atoms with Crippen molar-refractivity contribution in [2.75, 3.05) is 46.4 Å². The average molecular weight is 352 g/mol. The molecule has 2 aliphatic heterocycles. The number of ether oxygens (including phenoxy) is 1. The molecule has 3 aliphatic rings. The van der Waals surface area contributed by atoms with Gasteiger partial charge in [-0.3, -0.25) is 14.7 Å². The number of likely N-dealkylation sites (tertiary alicyclic amines) is 1. The van der Waals surface area contributed by atoms with Crippen molar-refractivity contribution in [3.05, 3.63) is 0 Å². The molecule has 0 spiro atoms. The fourth-order valence-corrected chi connectivity index (χ4v) is 5.29. The van der Waals surface area contributed by atoms with Gasteiger partial charge in [0.15, 0.2) is 0 Å². The van der Waals surface area contributed by atoms with E-state index in [9.17, 15) is 0 Å². The first-order valence-corrected chi connectivity index (χ1v) is 10.7. The monoisotopic (exact) mass is 351 g/mol. The maximum atomic E-state index is 5.62. The van der Waals surface area contributed by atoms with Gasteiger partial charge in [-0.05, 0) is 51.4 Å². The Morgan fingerprint density at radius 1 is 0.880 bits per heavy atom. The number of piperazine rings is 1. The highest BCUT2D eigenvalue weighted by Gasteiger charge is 2.39. The van der Waals surface area contributed by atoms with E-state index >= 15 is 0 Å². The number of methoxy groups -OCH3 is 1. The molecule has 4 heteroatoms. The van der Waals surface area contributed by atoms with Crippen LogP contribution in [0.25, 0.3) is 0 Å². The van der Waals surface area contributed by atoms with Crippen LogP contribution in [0.3, 0.4) is 0 Å². The van der Waals surface area contributed by atoms with Crippen LogP contribution in [0.5, 0.6) is 0 Å². The van der Waals surface area contributed by atoms with Gasteiger partial charge >= 0.3 is 0 Å². The Balaban J connectivity index is 1.52. The standard InChI is InChI=1S/C21H41N3O/c1-16(2)18-6-8-19(9-7-18)24-11-10-22(14-21(24)15-25-5)20-12-23(13-20)17(3)4/h16-21H,6-15H2,1-5H3/t18?,19?,21-/m1/s1. The number of hydrogen-bond acceptors (Lipinski definition) is 4. The van der Waals surface area contributed by atoms with E-state index in [0.29, 0.717) is 12.1 Å². The molecule has 0 N–H and O–H groups in total. The lowest BCUT2D eigenvalue weighted by molar-refractivity contribution is -0.0594. The van der Waals surface area contributed by atoms with Crippen LogP contribution in [0.2, 0.25) is 0 Å². The maximum Gasteiger partial charge on any atom is 0.0630 e. The highest BCUT2D eigenvalue weighted by Crippen LogP contribution is 2.34. The summed E-state index contributed by atoms with van der Waals surface area (Å²) >= 11 is 0. The second kappa shape index (κ2) is 8.69. The molecule has 0 aromatic rings. The number of rotatable bonds is 6. The van der Waals surface area contributed by atoms with Gasteiger partial charge < -0.3 is 4.74 Å².